The van der Waals surface area contributed by atoms with Crippen LogP contribution in [0, 0.1) is 23.7 Å². The van der Waals surface area contributed by atoms with Crippen LogP contribution in [0.1, 0.15) is 6.42 Å². The lowest BCUT2D eigenvalue weighted by atomic mass is 9.84. The molecule has 0 aromatic carbocycles. The lowest BCUT2D eigenvalue weighted by Gasteiger charge is -2.19. The highest BCUT2D eigenvalue weighted by Crippen LogP contribution is 2.47. The first-order chi connectivity index (χ1) is 5.36. The second-order valence-corrected chi connectivity index (χ2v) is 3.47. The molecule has 58 valence electrons. The van der Waals surface area contributed by atoms with Gasteiger partial charge in [0.05, 0.1) is 0 Å². The standard InChI is InChI=1S/C10H12O/c1-2-9-7-3-4-8(5-7)10(9)6-11/h2-4,6-10H,1,5H2/t7-,8+,9-,10+/m1/s1. The van der Waals surface area contributed by atoms with Gasteiger partial charge in [-0.05, 0) is 24.2 Å². The number of carbonyl (C=O) groups is 1. The summed E-state index contributed by atoms with van der Waals surface area (Å²) in [4.78, 5) is 10.7. The molecule has 1 heteroatoms. The van der Waals surface area contributed by atoms with Crippen LogP contribution in [0.15, 0.2) is 24.8 Å². The predicted molar refractivity (Wildman–Crippen MR) is 44.0 cm³/mol. The van der Waals surface area contributed by atoms with Crippen LogP contribution in [0.3, 0.4) is 0 Å². The van der Waals surface area contributed by atoms with Crippen molar-refractivity contribution < 1.29 is 4.79 Å². The number of allylic oxidation sites excluding steroid dienone is 3. The molecule has 2 aliphatic carbocycles. The van der Waals surface area contributed by atoms with E-state index in [9.17, 15) is 4.79 Å². The van der Waals surface area contributed by atoms with Crippen molar-refractivity contribution in [1.29, 1.82) is 0 Å². The van der Waals surface area contributed by atoms with E-state index in [2.05, 4.69) is 18.7 Å². The normalized spacial score (nSPS) is 46.2. The van der Waals surface area contributed by atoms with Crippen molar-refractivity contribution in [2.75, 3.05) is 0 Å². The van der Waals surface area contributed by atoms with Crippen LogP contribution >= 0.6 is 0 Å². The van der Waals surface area contributed by atoms with Gasteiger partial charge >= 0.3 is 0 Å². The molecule has 0 aromatic rings. The van der Waals surface area contributed by atoms with Crippen LogP contribution < -0.4 is 0 Å². The molecule has 4 atom stereocenters. The minimum Gasteiger partial charge on any atom is -0.303 e. The fourth-order valence-corrected chi connectivity index (χ4v) is 2.42. The van der Waals surface area contributed by atoms with E-state index in [4.69, 9.17) is 0 Å². The molecule has 1 saturated carbocycles. The van der Waals surface area contributed by atoms with Gasteiger partial charge in [0.15, 0.2) is 0 Å². The fraction of sp³-hybridized carbons (Fsp3) is 0.500. The summed E-state index contributed by atoms with van der Waals surface area (Å²) in [5.74, 6) is 1.76. The number of carbonyl (C=O) groups excluding carboxylic acids is 1. The van der Waals surface area contributed by atoms with Gasteiger partial charge < -0.3 is 4.79 Å². The number of hydrogen-bond acceptors (Lipinski definition) is 1. The van der Waals surface area contributed by atoms with E-state index in [1.165, 1.54) is 6.42 Å². The molecular formula is C10H12O. The summed E-state index contributed by atoms with van der Waals surface area (Å²) >= 11 is 0. The summed E-state index contributed by atoms with van der Waals surface area (Å²) in [6.45, 7) is 3.77. The summed E-state index contributed by atoms with van der Waals surface area (Å²) in [5, 5.41) is 0. The smallest absolute Gasteiger partial charge is 0.124 e. The molecule has 0 spiro atoms. The van der Waals surface area contributed by atoms with Crippen molar-refractivity contribution >= 4 is 6.29 Å². The van der Waals surface area contributed by atoms with Crippen LogP contribution in [0.25, 0.3) is 0 Å². The molecular weight excluding hydrogens is 136 g/mol. The Hall–Kier alpha value is -0.850. The zero-order chi connectivity index (χ0) is 7.84. The minimum absolute atomic E-state index is 0.225. The van der Waals surface area contributed by atoms with Crippen molar-refractivity contribution in [2.24, 2.45) is 23.7 Å². The number of fused-ring (bicyclic) bond motifs is 2. The number of rotatable bonds is 2. The molecule has 0 heterocycles. The van der Waals surface area contributed by atoms with Crippen LogP contribution in [-0.2, 0) is 4.79 Å². The average Bonchev–Trinajstić information content (AvgIpc) is 2.60. The van der Waals surface area contributed by atoms with Gasteiger partial charge in [-0.25, -0.2) is 0 Å². The summed E-state index contributed by atoms with van der Waals surface area (Å²) in [7, 11) is 0. The summed E-state index contributed by atoms with van der Waals surface area (Å²) in [5.41, 5.74) is 0. The molecule has 1 fully saturated rings. The summed E-state index contributed by atoms with van der Waals surface area (Å²) in [6.07, 6.45) is 8.62. The maximum absolute atomic E-state index is 10.7. The van der Waals surface area contributed by atoms with Crippen LogP contribution in [0.4, 0.5) is 0 Å². The van der Waals surface area contributed by atoms with E-state index in [1.807, 2.05) is 6.08 Å². The second kappa shape index (κ2) is 2.33. The van der Waals surface area contributed by atoms with E-state index in [-0.39, 0.29) is 5.92 Å². The van der Waals surface area contributed by atoms with Gasteiger partial charge in [0.25, 0.3) is 0 Å². The molecule has 0 unspecified atom stereocenters. The van der Waals surface area contributed by atoms with Crippen LogP contribution in [0.2, 0.25) is 0 Å². The zero-order valence-corrected chi connectivity index (χ0v) is 6.44. The van der Waals surface area contributed by atoms with Gasteiger partial charge in [-0.3, -0.25) is 0 Å². The first-order valence-corrected chi connectivity index (χ1v) is 4.13. The third-order valence-corrected chi connectivity index (χ3v) is 3.01. The van der Waals surface area contributed by atoms with E-state index < -0.39 is 0 Å². The van der Waals surface area contributed by atoms with E-state index >= 15 is 0 Å². The molecule has 0 saturated heterocycles. The molecule has 2 bridgehead atoms. The highest BCUT2D eigenvalue weighted by Gasteiger charge is 2.42. The van der Waals surface area contributed by atoms with E-state index in [1.54, 1.807) is 0 Å². The van der Waals surface area contributed by atoms with Crippen LogP contribution in [-0.4, -0.2) is 6.29 Å². The summed E-state index contributed by atoms with van der Waals surface area (Å²) < 4.78 is 0. The Morgan fingerprint density at radius 2 is 1.91 bits per heavy atom. The SMILES string of the molecule is C=C[C@H]1[C@@H](C=O)[C@H]2C=C[C@@H]1C2. The van der Waals surface area contributed by atoms with Crippen molar-refractivity contribution in [1.82, 2.24) is 0 Å². The second-order valence-electron chi connectivity index (χ2n) is 3.47. The lowest BCUT2D eigenvalue weighted by Crippen LogP contribution is -2.18. The topological polar surface area (TPSA) is 17.1 Å². The molecule has 1 nitrogen and oxygen atoms in total. The Kier molecular flexibility index (Phi) is 1.45. The molecule has 0 N–H and O–H groups in total. The third kappa shape index (κ3) is 0.802. The quantitative estimate of drug-likeness (QED) is 0.431. The summed E-state index contributed by atoms with van der Waals surface area (Å²) in [6, 6.07) is 0. The molecule has 2 rings (SSSR count). The molecule has 2 aliphatic rings. The fourth-order valence-electron chi connectivity index (χ4n) is 2.42. The Labute approximate surface area is 66.8 Å². The van der Waals surface area contributed by atoms with E-state index in [0.29, 0.717) is 17.8 Å². The van der Waals surface area contributed by atoms with Crippen molar-refractivity contribution in [3.63, 3.8) is 0 Å². The lowest BCUT2D eigenvalue weighted by molar-refractivity contribution is -0.112. The van der Waals surface area contributed by atoms with Gasteiger partial charge in [-0.15, -0.1) is 6.58 Å². The van der Waals surface area contributed by atoms with Crippen molar-refractivity contribution in [3.05, 3.63) is 24.8 Å². The Morgan fingerprint density at radius 1 is 1.27 bits per heavy atom. The molecule has 0 aromatic heterocycles. The molecule has 0 aliphatic heterocycles. The molecule has 11 heavy (non-hydrogen) atoms. The first-order valence-electron chi connectivity index (χ1n) is 4.13. The number of hydrogen-bond donors (Lipinski definition) is 0. The van der Waals surface area contributed by atoms with Crippen molar-refractivity contribution in [2.45, 2.75) is 6.42 Å². The van der Waals surface area contributed by atoms with Gasteiger partial charge in [0.1, 0.15) is 6.29 Å². The van der Waals surface area contributed by atoms with Crippen LogP contribution in [0.5, 0.6) is 0 Å². The number of aldehydes is 1. The largest absolute Gasteiger partial charge is 0.303 e. The zero-order valence-electron chi connectivity index (χ0n) is 6.44. The maximum atomic E-state index is 10.7. The first kappa shape index (κ1) is 6.84. The Morgan fingerprint density at radius 3 is 2.36 bits per heavy atom. The highest BCUT2D eigenvalue weighted by atomic mass is 16.1. The monoisotopic (exact) mass is 148 g/mol. The predicted octanol–water partition coefficient (Wildman–Crippen LogP) is 1.81. The third-order valence-electron chi connectivity index (χ3n) is 3.01. The Bertz CT molecular complexity index is 195. The van der Waals surface area contributed by atoms with Gasteiger partial charge in [0.2, 0.25) is 0 Å². The van der Waals surface area contributed by atoms with Gasteiger partial charge in [0, 0.05) is 5.92 Å². The molecule has 0 amide bonds. The van der Waals surface area contributed by atoms with E-state index in [0.717, 1.165) is 6.29 Å². The minimum atomic E-state index is 0.225. The van der Waals surface area contributed by atoms with Crippen molar-refractivity contribution in [3.8, 4) is 0 Å². The van der Waals surface area contributed by atoms with Gasteiger partial charge in [-0.2, -0.15) is 0 Å². The maximum Gasteiger partial charge on any atom is 0.124 e. The molecule has 0 radical (unpaired) electrons. The average molecular weight is 148 g/mol. The highest BCUT2D eigenvalue weighted by molar-refractivity contribution is 5.58. The van der Waals surface area contributed by atoms with Gasteiger partial charge in [-0.1, -0.05) is 18.2 Å². The Balaban J connectivity index is 2.27.